The Morgan fingerprint density at radius 3 is 2.56 bits per heavy atom. The zero-order valence-corrected chi connectivity index (χ0v) is 19.0. The monoisotopic (exact) mass is 428 g/mol. The Labute approximate surface area is 187 Å². The SMILES string of the molecule is Cc1nn(Cc2ccccc2)c(C)c1CNC(=O)c1cc(C2CC2)nc2c1c(C)nn2C. The van der Waals surface area contributed by atoms with Gasteiger partial charge in [0, 0.05) is 36.5 Å². The summed E-state index contributed by atoms with van der Waals surface area (Å²) in [5.41, 5.74) is 7.53. The van der Waals surface area contributed by atoms with Gasteiger partial charge in [-0.2, -0.15) is 10.2 Å². The van der Waals surface area contributed by atoms with Crippen LogP contribution in [-0.4, -0.2) is 30.5 Å². The second-order valence-corrected chi connectivity index (χ2v) is 8.75. The Kier molecular flexibility index (Phi) is 5.04. The number of hydrogen-bond acceptors (Lipinski definition) is 4. The molecule has 0 radical (unpaired) electrons. The summed E-state index contributed by atoms with van der Waals surface area (Å²) in [6.45, 7) is 7.14. The van der Waals surface area contributed by atoms with Crippen LogP contribution in [0.4, 0.5) is 0 Å². The number of nitrogens with zero attached hydrogens (tertiary/aromatic N) is 5. The van der Waals surface area contributed by atoms with Gasteiger partial charge in [-0.3, -0.25) is 14.2 Å². The smallest absolute Gasteiger partial charge is 0.252 e. The molecule has 0 spiro atoms. The van der Waals surface area contributed by atoms with Crippen molar-refractivity contribution < 1.29 is 4.79 Å². The van der Waals surface area contributed by atoms with Gasteiger partial charge >= 0.3 is 0 Å². The molecular weight excluding hydrogens is 400 g/mol. The summed E-state index contributed by atoms with van der Waals surface area (Å²) < 4.78 is 3.78. The second-order valence-electron chi connectivity index (χ2n) is 8.75. The van der Waals surface area contributed by atoms with Crippen molar-refractivity contribution in [3.8, 4) is 0 Å². The highest BCUT2D eigenvalue weighted by molar-refractivity contribution is 6.06. The third-order valence-electron chi connectivity index (χ3n) is 6.36. The van der Waals surface area contributed by atoms with Gasteiger partial charge in [-0.1, -0.05) is 30.3 Å². The van der Waals surface area contributed by atoms with Gasteiger partial charge in [-0.15, -0.1) is 0 Å². The Balaban J connectivity index is 1.40. The molecule has 32 heavy (non-hydrogen) atoms. The van der Waals surface area contributed by atoms with Crippen LogP contribution in [0.1, 0.15) is 63.0 Å². The van der Waals surface area contributed by atoms with Crippen LogP contribution in [0.2, 0.25) is 0 Å². The first-order valence-electron chi connectivity index (χ1n) is 11.1. The number of rotatable bonds is 6. The molecule has 0 unspecified atom stereocenters. The maximum atomic E-state index is 13.3. The molecule has 1 aromatic carbocycles. The highest BCUT2D eigenvalue weighted by Gasteiger charge is 2.28. The van der Waals surface area contributed by atoms with Crippen molar-refractivity contribution >= 4 is 16.9 Å². The minimum absolute atomic E-state index is 0.0926. The first-order chi connectivity index (χ1) is 15.4. The summed E-state index contributed by atoms with van der Waals surface area (Å²) in [5, 5.41) is 13.2. The molecule has 0 atom stereocenters. The Morgan fingerprint density at radius 1 is 1.09 bits per heavy atom. The molecular formula is C25H28N6O. The molecule has 7 nitrogen and oxygen atoms in total. The molecule has 7 heteroatoms. The van der Waals surface area contributed by atoms with Crippen LogP contribution in [0.25, 0.3) is 11.0 Å². The van der Waals surface area contributed by atoms with Crippen LogP contribution in [-0.2, 0) is 20.1 Å². The van der Waals surface area contributed by atoms with Gasteiger partial charge in [0.05, 0.1) is 28.9 Å². The van der Waals surface area contributed by atoms with E-state index in [4.69, 9.17) is 10.1 Å². The molecule has 1 N–H and O–H groups in total. The van der Waals surface area contributed by atoms with Gasteiger partial charge in [0.15, 0.2) is 5.65 Å². The van der Waals surface area contributed by atoms with Crippen LogP contribution in [0, 0.1) is 20.8 Å². The summed E-state index contributed by atoms with van der Waals surface area (Å²) in [6, 6.07) is 12.2. The zero-order chi connectivity index (χ0) is 22.4. The molecule has 0 bridgehead atoms. The van der Waals surface area contributed by atoms with Crippen molar-refractivity contribution in [3.05, 3.63) is 75.9 Å². The van der Waals surface area contributed by atoms with Crippen LogP contribution in [0.5, 0.6) is 0 Å². The molecule has 1 aliphatic carbocycles. The van der Waals surface area contributed by atoms with Gasteiger partial charge in [0.2, 0.25) is 0 Å². The van der Waals surface area contributed by atoms with Crippen LogP contribution in [0.15, 0.2) is 36.4 Å². The van der Waals surface area contributed by atoms with E-state index in [0.717, 1.165) is 52.2 Å². The van der Waals surface area contributed by atoms with Crippen LogP contribution < -0.4 is 5.32 Å². The molecule has 5 rings (SSSR count). The number of aryl methyl sites for hydroxylation is 3. The standard InChI is InChI=1S/C25H28N6O/c1-15-21(17(3)31(29-15)14-18-8-6-5-7-9-18)13-26-25(32)20-12-22(19-10-11-19)27-24-23(20)16(2)28-30(24)4/h5-9,12,19H,10-11,13-14H2,1-4H3,(H,26,32). The molecule has 0 aliphatic heterocycles. The number of fused-ring (bicyclic) bond motifs is 1. The van der Waals surface area contributed by atoms with Crippen molar-refractivity contribution in [1.29, 1.82) is 0 Å². The van der Waals surface area contributed by atoms with Gasteiger partial charge in [-0.05, 0) is 45.2 Å². The van der Waals surface area contributed by atoms with E-state index in [-0.39, 0.29) is 5.91 Å². The third kappa shape index (κ3) is 3.68. The van der Waals surface area contributed by atoms with E-state index >= 15 is 0 Å². The van der Waals surface area contributed by atoms with E-state index in [1.54, 1.807) is 4.68 Å². The molecule has 3 heterocycles. The fourth-order valence-electron chi connectivity index (χ4n) is 4.40. The minimum atomic E-state index is -0.0926. The van der Waals surface area contributed by atoms with Crippen LogP contribution in [0.3, 0.4) is 0 Å². The van der Waals surface area contributed by atoms with E-state index in [1.807, 2.05) is 49.8 Å². The number of carbonyl (C=O) groups excluding carboxylic acids is 1. The summed E-state index contributed by atoms with van der Waals surface area (Å²) in [7, 11) is 1.88. The van der Waals surface area contributed by atoms with E-state index in [1.165, 1.54) is 5.56 Å². The number of carbonyl (C=O) groups is 1. The normalized spacial score (nSPS) is 13.6. The van der Waals surface area contributed by atoms with Crippen molar-refractivity contribution in [1.82, 2.24) is 29.9 Å². The topological polar surface area (TPSA) is 77.6 Å². The number of nitrogens with one attached hydrogen (secondary N) is 1. The van der Waals surface area contributed by atoms with Crippen molar-refractivity contribution in [3.63, 3.8) is 0 Å². The van der Waals surface area contributed by atoms with E-state index in [0.29, 0.717) is 24.6 Å². The molecule has 1 saturated carbocycles. The largest absolute Gasteiger partial charge is 0.348 e. The predicted molar refractivity (Wildman–Crippen MR) is 124 cm³/mol. The molecule has 1 fully saturated rings. The van der Waals surface area contributed by atoms with Gasteiger partial charge < -0.3 is 5.32 Å². The first kappa shape index (κ1) is 20.4. The minimum Gasteiger partial charge on any atom is -0.348 e. The molecule has 3 aromatic heterocycles. The lowest BCUT2D eigenvalue weighted by atomic mass is 10.1. The van der Waals surface area contributed by atoms with Gasteiger partial charge in [0.1, 0.15) is 0 Å². The van der Waals surface area contributed by atoms with Crippen molar-refractivity contribution in [2.45, 2.75) is 52.6 Å². The number of pyridine rings is 1. The molecule has 4 aromatic rings. The first-order valence-corrected chi connectivity index (χ1v) is 11.1. The highest BCUT2D eigenvalue weighted by atomic mass is 16.1. The average molecular weight is 429 g/mol. The van der Waals surface area contributed by atoms with Crippen molar-refractivity contribution in [2.75, 3.05) is 0 Å². The van der Waals surface area contributed by atoms with Crippen LogP contribution >= 0.6 is 0 Å². The third-order valence-corrected chi connectivity index (χ3v) is 6.36. The quantitative estimate of drug-likeness (QED) is 0.505. The summed E-state index contributed by atoms with van der Waals surface area (Å²) >= 11 is 0. The second kappa shape index (κ2) is 7.89. The molecule has 1 aliphatic rings. The van der Waals surface area contributed by atoms with E-state index in [9.17, 15) is 4.79 Å². The average Bonchev–Trinajstić information content (AvgIpc) is 3.54. The Hall–Kier alpha value is -3.48. The lowest BCUT2D eigenvalue weighted by Crippen LogP contribution is -2.24. The van der Waals surface area contributed by atoms with Gasteiger partial charge in [0.25, 0.3) is 5.91 Å². The Morgan fingerprint density at radius 2 is 1.84 bits per heavy atom. The fraction of sp³-hybridized carbons (Fsp3) is 0.360. The maximum Gasteiger partial charge on any atom is 0.252 e. The van der Waals surface area contributed by atoms with E-state index in [2.05, 4.69) is 29.5 Å². The maximum absolute atomic E-state index is 13.3. The number of amides is 1. The molecule has 164 valence electrons. The lowest BCUT2D eigenvalue weighted by Gasteiger charge is -2.10. The predicted octanol–water partition coefficient (Wildman–Crippen LogP) is 3.95. The lowest BCUT2D eigenvalue weighted by molar-refractivity contribution is 0.0952. The summed E-state index contributed by atoms with van der Waals surface area (Å²) in [6.07, 6.45) is 2.27. The number of benzene rings is 1. The van der Waals surface area contributed by atoms with Gasteiger partial charge in [-0.25, -0.2) is 4.98 Å². The fourth-order valence-corrected chi connectivity index (χ4v) is 4.40. The highest BCUT2D eigenvalue weighted by Crippen LogP contribution is 2.40. The zero-order valence-electron chi connectivity index (χ0n) is 19.0. The molecule has 1 amide bonds. The number of hydrogen-bond donors (Lipinski definition) is 1. The molecule has 0 saturated heterocycles. The number of aromatic nitrogens is 5. The Bertz CT molecular complexity index is 1310. The van der Waals surface area contributed by atoms with Crippen molar-refractivity contribution in [2.24, 2.45) is 7.05 Å². The summed E-state index contributed by atoms with van der Waals surface area (Å²) in [5.74, 6) is 0.367. The summed E-state index contributed by atoms with van der Waals surface area (Å²) in [4.78, 5) is 18.1. The van der Waals surface area contributed by atoms with E-state index < -0.39 is 0 Å².